The number of piperazine rings is 1. The van der Waals surface area contributed by atoms with Crippen molar-refractivity contribution in [2.24, 2.45) is 0 Å². The monoisotopic (exact) mass is 344 g/mol. The molecule has 1 N–H and O–H groups in total. The van der Waals surface area contributed by atoms with Gasteiger partial charge in [-0.25, -0.2) is 0 Å². The number of nitrogens with one attached hydrogen (secondary N) is 1. The van der Waals surface area contributed by atoms with Gasteiger partial charge in [-0.05, 0) is 37.5 Å². The summed E-state index contributed by atoms with van der Waals surface area (Å²) in [6.45, 7) is 8.11. The number of hydrogen-bond donors (Lipinski definition) is 1. The maximum atomic E-state index is 12.2. The van der Waals surface area contributed by atoms with Crippen LogP contribution in [0.15, 0.2) is 24.3 Å². The minimum absolute atomic E-state index is 0.0205. The van der Waals surface area contributed by atoms with Crippen LogP contribution in [0.2, 0.25) is 0 Å². The van der Waals surface area contributed by atoms with Gasteiger partial charge in [0.15, 0.2) is 0 Å². The van der Waals surface area contributed by atoms with Crippen LogP contribution in [-0.2, 0) is 9.59 Å². The van der Waals surface area contributed by atoms with Crippen molar-refractivity contribution in [1.29, 1.82) is 0 Å². The molecule has 2 heterocycles. The maximum absolute atomic E-state index is 12.2. The molecule has 0 unspecified atom stereocenters. The van der Waals surface area contributed by atoms with E-state index < -0.39 is 0 Å². The first-order chi connectivity index (χ1) is 12.1. The average Bonchev–Trinajstić information content (AvgIpc) is 3.11. The van der Waals surface area contributed by atoms with Crippen LogP contribution in [0.25, 0.3) is 0 Å². The van der Waals surface area contributed by atoms with Crippen molar-refractivity contribution in [2.45, 2.75) is 19.8 Å². The maximum Gasteiger partial charge on any atom is 0.238 e. The van der Waals surface area contributed by atoms with E-state index in [0.29, 0.717) is 13.1 Å². The fraction of sp³-hybridized carbons (Fsp3) is 0.579. The smallest absolute Gasteiger partial charge is 0.238 e. The lowest BCUT2D eigenvalue weighted by Gasteiger charge is -2.34. The summed E-state index contributed by atoms with van der Waals surface area (Å²) in [5.74, 6) is 0.273. The zero-order valence-corrected chi connectivity index (χ0v) is 15.0. The van der Waals surface area contributed by atoms with E-state index in [-0.39, 0.29) is 11.8 Å². The SMILES string of the molecule is Cc1cccc(NC(=O)CN2CCN(CC(=O)N3CCCC3)CC2)c1. The fourth-order valence-electron chi connectivity index (χ4n) is 3.49. The number of anilines is 1. The molecule has 0 atom stereocenters. The normalized spacial score (nSPS) is 19.2. The molecule has 0 spiro atoms. The number of carbonyl (C=O) groups excluding carboxylic acids is 2. The molecule has 2 aliphatic rings. The summed E-state index contributed by atoms with van der Waals surface area (Å²) in [7, 11) is 0. The molecule has 3 rings (SSSR count). The molecule has 2 aliphatic heterocycles. The highest BCUT2D eigenvalue weighted by atomic mass is 16.2. The molecule has 136 valence electrons. The van der Waals surface area contributed by atoms with E-state index in [2.05, 4.69) is 15.1 Å². The molecule has 0 aliphatic carbocycles. The van der Waals surface area contributed by atoms with Gasteiger partial charge in [-0.1, -0.05) is 12.1 Å². The third kappa shape index (κ3) is 5.28. The quantitative estimate of drug-likeness (QED) is 0.871. The molecule has 2 amide bonds. The number of amides is 2. The first-order valence-corrected chi connectivity index (χ1v) is 9.19. The second-order valence-electron chi connectivity index (χ2n) is 7.06. The Morgan fingerprint density at radius 2 is 1.60 bits per heavy atom. The number of aryl methyl sites for hydroxylation is 1. The van der Waals surface area contributed by atoms with Crippen molar-refractivity contribution >= 4 is 17.5 Å². The predicted molar refractivity (Wildman–Crippen MR) is 98.5 cm³/mol. The minimum Gasteiger partial charge on any atom is -0.342 e. The third-order valence-electron chi connectivity index (χ3n) is 4.95. The van der Waals surface area contributed by atoms with Crippen LogP contribution in [-0.4, -0.2) is 78.9 Å². The largest absolute Gasteiger partial charge is 0.342 e. The Hall–Kier alpha value is -1.92. The summed E-state index contributed by atoms with van der Waals surface area (Å²) in [6, 6.07) is 7.84. The average molecular weight is 344 g/mol. The van der Waals surface area contributed by atoms with Gasteiger partial charge in [-0.3, -0.25) is 19.4 Å². The molecule has 0 aromatic heterocycles. The van der Waals surface area contributed by atoms with E-state index in [1.54, 1.807) is 0 Å². The number of nitrogens with zero attached hydrogens (tertiary/aromatic N) is 3. The lowest BCUT2D eigenvalue weighted by atomic mass is 10.2. The van der Waals surface area contributed by atoms with Crippen molar-refractivity contribution in [1.82, 2.24) is 14.7 Å². The van der Waals surface area contributed by atoms with Crippen LogP contribution in [0.3, 0.4) is 0 Å². The van der Waals surface area contributed by atoms with Gasteiger partial charge in [-0.15, -0.1) is 0 Å². The highest BCUT2D eigenvalue weighted by molar-refractivity contribution is 5.92. The zero-order valence-electron chi connectivity index (χ0n) is 15.0. The van der Waals surface area contributed by atoms with Crippen molar-refractivity contribution in [2.75, 3.05) is 57.7 Å². The molecule has 1 aromatic carbocycles. The van der Waals surface area contributed by atoms with Crippen LogP contribution in [0.5, 0.6) is 0 Å². The van der Waals surface area contributed by atoms with E-state index in [1.807, 2.05) is 36.1 Å². The van der Waals surface area contributed by atoms with Crippen LogP contribution >= 0.6 is 0 Å². The number of hydrogen-bond acceptors (Lipinski definition) is 4. The van der Waals surface area contributed by atoms with Gasteiger partial charge in [0.1, 0.15) is 0 Å². The molecule has 6 nitrogen and oxygen atoms in total. The minimum atomic E-state index is 0.0205. The molecule has 6 heteroatoms. The summed E-state index contributed by atoms with van der Waals surface area (Å²) in [4.78, 5) is 30.7. The third-order valence-corrected chi connectivity index (χ3v) is 4.95. The van der Waals surface area contributed by atoms with Gasteiger partial charge in [0, 0.05) is 45.0 Å². The van der Waals surface area contributed by atoms with Crippen LogP contribution in [0.4, 0.5) is 5.69 Å². The van der Waals surface area contributed by atoms with Crippen molar-refractivity contribution < 1.29 is 9.59 Å². The van der Waals surface area contributed by atoms with Crippen LogP contribution < -0.4 is 5.32 Å². The fourth-order valence-corrected chi connectivity index (χ4v) is 3.49. The molecule has 0 bridgehead atoms. The summed E-state index contributed by atoms with van der Waals surface area (Å²) in [6.07, 6.45) is 2.27. The number of benzene rings is 1. The van der Waals surface area contributed by atoms with Crippen molar-refractivity contribution in [3.63, 3.8) is 0 Å². The Labute approximate surface area is 149 Å². The standard InChI is InChI=1S/C19H28N4O2/c1-16-5-4-6-17(13-16)20-18(24)14-21-9-11-22(12-10-21)15-19(25)23-7-2-3-8-23/h4-6,13H,2-3,7-12,14-15H2,1H3,(H,20,24). The Morgan fingerprint density at radius 1 is 0.960 bits per heavy atom. The van der Waals surface area contributed by atoms with Crippen molar-refractivity contribution in [3.05, 3.63) is 29.8 Å². The Morgan fingerprint density at radius 3 is 2.24 bits per heavy atom. The van der Waals surface area contributed by atoms with Crippen LogP contribution in [0.1, 0.15) is 18.4 Å². The Balaban J connectivity index is 1.38. The zero-order chi connectivity index (χ0) is 17.6. The summed E-state index contributed by atoms with van der Waals surface area (Å²) >= 11 is 0. The first kappa shape index (κ1) is 17.9. The first-order valence-electron chi connectivity index (χ1n) is 9.19. The summed E-state index contributed by atoms with van der Waals surface area (Å²) in [5, 5.41) is 2.96. The van der Waals surface area contributed by atoms with Gasteiger partial charge >= 0.3 is 0 Å². The number of likely N-dealkylation sites (tertiary alicyclic amines) is 1. The molecule has 1 aromatic rings. The Kier molecular flexibility index (Phi) is 6.04. The van der Waals surface area contributed by atoms with Gasteiger partial charge in [0.25, 0.3) is 0 Å². The number of rotatable bonds is 5. The molecule has 2 fully saturated rings. The highest BCUT2D eigenvalue weighted by Crippen LogP contribution is 2.11. The van der Waals surface area contributed by atoms with E-state index in [1.165, 1.54) is 0 Å². The molecule has 2 saturated heterocycles. The lowest BCUT2D eigenvalue weighted by Crippen LogP contribution is -2.51. The van der Waals surface area contributed by atoms with Gasteiger partial charge in [0.05, 0.1) is 13.1 Å². The summed E-state index contributed by atoms with van der Waals surface area (Å²) < 4.78 is 0. The Bertz CT molecular complexity index is 605. The van der Waals surface area contributed by atoms with E-state index >= 15 is 0 Å². The van der Waals surface area contributed by atoms with Crippen molar-refractivity contribution in [3.8, 4) is 0 Å². The lowest BCUT2D eigenvalue weighted by molar-refractivity contribution is -0.132. The number of carbonyl (C=O) groups is 2. The van der Waals surface area contributed by atoms with E-state index in [9.17, 15) is 9.59 Å². The van der Waals surface area contributed by atoms with Crippen LogP contribution in [0, 0.1) is 6.92 Å². The van der Waals surface area contributed by atoms with E-state index in [0.717, 1.165) is 63.4 Å². The molecule has 0 saturated carbocycles. The highest BCUT2D eigenvalue weighted by Gasteiger charge is 2.24. The molecule has 0 radical (unpaired) electrons. The second-order valence-corrected chi connectivity index (χ2v) is 7.06. The van der Waals surface area contributed by atoms with Gasteiger partial charge in [0.2, 0.25) is 11.8 Å². The molecular formula is C19H28N4O2. The molecular weight excluding hydrogens is 316 g/mol. The summed E-state index contributed by atoms with van der Waals surface area (Å²) in [5.41, 5.74) is 1.98. The van der Waals surface area contributed by atoms with Gasteiger partial charge < -0.3 is 10.2 Å². The van der Waals surface area contributed by atoms with Gasteiger partial charge in [-0.2, -0.15) is 0 Å². The second kappa shape index (κ2) is 8.45. The predicted octanol–water partition coefficient (Wildman–Crippen LogP) is 1.17. The van der Waals surface area contributed by atoms with E-state index in [4.69, 9.17) is 0 Å². The molecule has 25 heavy (non-hydrogen) atoms. The topological polar surface area (TPSA) is 55.9 Å².